The van der Waals surface area contributed by atoms with Gasteiger partial charge in [0.15, 0.2) is 0 Å². The fourth-order valence-corrected chi connectivity index (χ4v) is 1.23. The second-order valence-corrected chi connectivity index (χ2v) is 5.66. The van der Waals surface area contributed by atoms with Crippen molar-refractivity contribution in [2.45, 2.75) is 26.4 Å². The molecule has 0 N–H and O–H groups in total. The van der Waals surface area contributed by atoms with E-state index in [0.717, 1.165) is 12.6 Å². The molecule has 0 saturated heterocycles. The number of rotatable bonds is 1. The van der Waals surface area contributed by atoms with Gasteiger partial charge in [0.25, 0.3) is 0 Å². The number of allylic oxidation sites excluding steroid dienone is 4. The Labute approximate surface area is 144 Å². The van der Waals surface area contributed by atoms with Crippen molar-refractivity contribution in [3.63, 3.8) is 0 Å². The molecule has 1 aromatic carbocycles. The Morgan fingerprint density at radius 1 is 1.21 bits per heavy atom. The first-order chi connectivity index (χ1) is 8.16. The topological polar surface area (TPSA) is 0 Å². The van der Waals surface area contributed by atoms with E-state index in [0.29, 0.717) is 0 Å². The van der Waals surface area contributed by atoms with Crippen molar-refractivity contribution in [1.29, 1.82) is 0 Å². The van der Waals surface area contributed by atoms with Gasteiger partial charge in [-0.05, 0) is 11.7 Å². The number of halogens is 2. The minimum Gasteiger partial charge on any atom is -1.00 e. The van der Waals surface area contributed by atoms with Crippen LogP contribution in [0, 0.1) is 6.08 Å². The smallest absolute Gasteiger partial charge is 0.0128 e. The van der Waals surface area contributed by atoms with E-state index in [4.69, 9.17) is 0 Å². The molecule has 1 unspecified atom stereocenters. The molecule has 0 fully saturated rings. The van der Waals surface area contributed by atoms with Crippen LogP contribution in [-0.2, 0) is 26.1 Å². The molecule has 1 aliphatic carbocycles. The van der Waals surface area contributed by atoms with E-state index < -0.39 is 0 Å². The van der Waals surface area contributed by atoms with Gasteiger partial charge in [-0.15, -0.1) is 15.7 Å². The molecule has 2 rings (SSSR count). The van der Waals surface area contributed by atoms with E-state index in [2.05, 4.69) is 79.5 Å². The van der Waals surface area contributed by atoms with Crippen LogP contribution in [0.5, 0.6) is 0 Å². The summed E-state index contributed by atoms with van der Waals surface area (Å²) in [5.74, 6) is 0. The van der Waals surface area contributed by atoms with E-state index >= 15 is 0 Å². The Morgan fingerprint density at radius 3 is 1.95 bits per heavy atom. The normalized spacial score (nSPS) is 9.95. The summed E-state index contributed by atoms with van der Waals surface area (Å²) in [7, 11) is 2.69. The molecule has 0 saturated carbocycles. The van der Waals surface area contributed by atoms with Crippen molar-refractivity contribution < 1.29 is 44.8 Å². The van der Waals surface area contributed by atoms with E-state index in [1.807, 2.05) is 18.2 Å². The van der Waals surface area contributed by atoms with Crippen molar-refractivity contribution in [3.8, 4) is 0 Å². The molecule has 19 heavy (non-hydrogen) atoms. The third-order valence-corrected chi connectivity index (χ3v) is 2.14. The first-order valence-electron chi connectivity index (χ1n) is 5.64. The fraction of sp³-hybridized carbons (Fsp3) is 0.267. The van der Waals surface area contributed by atoms with Gasteiger partial charge >= 0.3 is 37.6 Å². The van der Waals surface area contributed by atoms with Crippen LogP contribution in [0.1, 0.15) is 25.8 Å². The first-order valence-corrected chi connectivity index (χ1v) is 7.24. The Kier molecular flexibility index (Phi) is 23.4. The maximum Gasteiger partial charge on any atom is -0.0128 e. The average molecular weight is 350 g/mol. The van der Waals surface area contributed by atoms with Gasteiger partial charge < -0.3 is 24.8 Å². The predicted octanol–water partition coefficient (Wildman–Crippen LogP) is -1.88. The predicted molar refractivity (Wildman–Crippen MR) is 77.8 cm³/mol. The van der Waals surface area contributed by atoms with Crippen molar-refractivity contribution in [2.24, 2.45) is 0 Å². The summed E-state index contributed by atoms with van der Waals surface area (Å²) in [6.45, 7) is 4.17. The Balaban J connectivity index is -0.000000206. The van der Waals surface area contributed by atoms with Crippen LogP contribution in [-0.4, -0.2) is 3.81 Å². The molecule has 1 aliphatic rings. The van der Waals surface area contributed by atoms with E-state index in [1.54, 1.807) is 0 Å². The van der Waals surface area contributed by atoms with Gasteiger partial charge in [-0.25, -0.2) is 12.2 Å². The van der Waals surface area contributed by atoms with Crippen LogP contribution < -0.4 is 24.8 Å². The molecule has 1 aromatic rings. The monoisotopic (exact) mass is 349 g/mol. The molecule has 0 amide bonds. The number of hydrogen-bond donors (Lipinski definition) is 0. The minimum atomic E-state index is 0. The molecule has 4 heteroatoms. The van der Waals surface area contributed by atoms with Gasteiger partial charge in [0.05, 0.1) is 0 Å². The first kappa shape index (κ1) is 24.3. The summed E-state index contributed by atoms with van der Waals surface area (Å²) in [4.78, 5) is 0. The average Bonchev–Trinajstić information content (AvgIpc) is 2.88. The SMILES string of the molecule is C[C](C)=[Ti+2].PCc1ccccc1.[C-]1=CC=CC1.[Cl-].[Cl-]. The zero-order valence-corrected chi connectivity index (χ0v) is 15.6. The van der Waals surface area contributed by atoms with E-state index in [9.17, 15) is 0 Å². The van der Waals surface area contributed by atoms with Crippen LogP contribution >= 0.6 is 9.24 Å². The molecule has 0 heterocycles. The number of benzene rings is 1. The van der Waals surface area contributed by atoms with Gasteiger partial charge in [0, 0.05) is 0 Å². The molecule has 0 bridgehead atoms. The van der Waals surface area contributed by atoms with Gasteiger partial charge in [0.2, 0.25) is 0 Å². The summed E-state index contributed by atoms with van der Waals surface area (Å²) < 4.78 is 1.42. The number of hydrogen-bond acceptors (Lipinski definition) is 0. The van der Waals surface area contributed by atoms with Crippen LogP contribution in [0.2, 0.25) is 0 Å². The Hall–Kier alpha value is 0.294. The van der Waals surface area contributed by atoms with E-state index in [1.165, 1.54) is 9.37 Å². The van der Waals surface area contributed by atoms with Crippen molar-refractivity contribution in [2.75, 3.05) is 0 Å². The quantitative estimate of drug-likeness (QED) is 0.316. The maximum absolute atomic E-state index is 2.99. The molecule has 0 nitrogen and oxygen atoms in total. The van der Waals surface area contributed by atoms with Crippen LogP contribution in [0.3, 0.4) is 0 Å². The molecule has 0 aromatic heterocycles. The minimum absolute atomic E-state index is 0. The van der Waals surface area contributed by atoms with Crippen molar-refractivity contribution in [1.82, 2.24) is 0 Å². The zero-order valence-electron chi connectivity index (χ0n) is 11.4. The van der Waals surface area contributed by atoms with Crippen LogP contribution in [0.4, 0.5) is 0 Å². The van der Waals surface area contributed by atoms with Crippen LogP contribution in [0.25, 0.3) is 0 Å². The summed E-state index contributed by atoms with van der Waals surface area (Å²) in [6.07, 6.45) is 11.1. The molecule has 0 aliphatic heterocycles. The maximum atomic E-state index is 2.99. The standard InChI is InChI=1S/C7H9P.C5H5.C3H6.2ClH.Ti/c8-6-7-4-2-1-3-5-7;1-2-4-5-3-1;1-3-2;;;/h1-5H,6,8H2;1-3H,4H2;1-2H3;2*1H;/q;-1;;;;+2/p-2. The molecular weight excluding hydrogens is 330 g/mol. The van der Waals surface area contributed by atoms with Gasteiger partial charge in [-0.2, -0.15) is 6.08 Å². The molecule has 0 radical (unpaired) electrons. The Bertz CT molecular complexity index is 348. The van der Waals surface area contributed by atoms with Gasteiger partial charge in [-0.3, -0.25) is 6.08 Å². The van der Waals surface area contributed by atoms with Gasteiger partial charge in [0.1, 0.15) is 0 Å². The Morgan fingerprint density at radius 2 is 1.74 bits per heavy atom. The van der Waals surface area contributed by atoms with E-state index in [-0.39, 0.29) is 24.8 Å². The molecule has 104 valence electrons. The van der Waals surface area contributed by atoms with Crippen LogP contribution in [0.15, 0.2) is 48.6 Å². The molecule has 0 spiro atoms. The molecule has 1 atom stereocenters. The summed E-state index contributed by atoms with van der Waals surface area (Å²) in [5.41, 5.74) is 1.37. The second-order valence-electron chi connectivity index (χ2n) is 3.69. The largest absolute Gasteiger partial charge is 1.00 e. The summed E-state index contributed by atoms with van der Waals surface area (Å²) >= 11 is 2.08. The molecular formula is C15H20Cl2PTi-. The third-order valence-electron chi connectivity index (χ3n) is 1.66. The second kappa shape index (κ2) is 18.3. The van der Waals surface area contributed by atoms with Gasteiger partial charge in [-0.1, -0.05) is 30.3 Å². The third kappa shape index (κ3) is 20.8. The fourth-order valence-electron chi connectivity index (χ4n) is 0.954. The van der Waals surface area contributed by atoms with Crippen molar-refractivity contribution in [3.05, 3.63) is 60.2 Å². The summed E-state index contributed by atoms with van der Waals surface area (Å²) in [5, 5.41) is 0. The van der Waals surface area contributed by atoms with Crippen molar-refractivity contribution >= 4 is 13.1 Å². The summed E-state index contributed by atoms with van der Waals surface area (Å²) in [6, 6.07) is 10.4. The zero-order chi connectivity index (χ0) is 12.9.